The molecule has 2 aromatic carbocycles. The van der Waals surface area contributed by atoms with Crippen LogP contribution in [-0.2, 0) is 11.3 Å². The van der Waals surface area contributed by atoms with Gasteiger partial charge in [0.1, 0.15) is 6.54 Å². The lowest BCUT2D eigenvalue weighted by atomic mass is 9.95. The molecule has 1 amide bonds. The van der Waals surface area contributed by atoms with Crippen LogP contribution in [0.4, 0.5) is 5.69 Å². The molecular weight excluding hydrogens is 412 g/mol. The van der Waals surface area contributed by atoms with Crippen molar-refractivity contribution in [1.82, 2.24) is 15.0 Å². The van der Waals surface area contributed by atoms with Crippen LogP contribution in [0.2, 0.25) is 0 Å². The van der Waals surface area contributed by atoms with E-state index in [1.165, 1.54) is 11.3 Å². The number of nitrogens with zero attached hydrogens (tertiary/aromatic N) is 4. The van der Waals surface area contributed by atoms with Crippen molar-refractivity contribution < 1.29 is 9.32 Å². The second kappa shape index (κ2) is 10.2. The Balaban J connectivity index is 1.49. The molecule has 1 fully saturated rings. The molecule has 0 unspecified atom stereocenters. The Kier molecular flexibility index (Phi) is 7.11. The number of hydrogen-bond acceptors (Lipinski definition) is 5. The van der Waals surface area contributed by atoms with E-state index >= 15 is 0 Å². The van der Waals surface area contributed by atoms with Gasteiger partial charge in [-0.2, -0.15) is 4.98 Å². The lowest BCUT2D eigenvalue weighted by Gasteiger charge is -2.37. The summed E-state index contributed by atoms with van der Waals surface area (Å²) in [6, 6.07) is 16.7. The summed E-state index contributed by atoms with van der Waals surface area (Å²) in [5.41, 5.74) is 4.50. The van der Waals surface area contributed by atoms with Crippen molar-refractivity contribution in [3.63, 3.8) is 0 Å². The zero-order valence-electron chi connectivity index (χ0n) is 20.1. The number of piperidine rings is 1. The lowest BCUT2D eigenvalue weighted by Crippen LogP contribution is -2.47. The van der Waals surface area contributed by atoms with Gasteiger partial charge in [-0.3, -0.25) is 4.79 Å². The first kappa shape index (κ1) is 23.0. The van der Waals surface area contributed by atoms with E-state index in [-0.39, 0.29) is 17.9 Å². The molecule has 0 aliphatic carbocycles. The summed E-state index contributed by atoms with van der Waals surface area (Å²) >= 11 is 0. The fourth-order valence-electron chi connectivity index (χ4n) is 4.44. The fraction of sp³-hybridized carbons (Fsp3) is 0.444. The van der Waals surface area contributed by atoms with Crippen LogP contribution in [0.5, 0.6) is 0 Å². The maximum absolute atomic E-state index is 13.7. The Morgan fingerprint density at radius 2 is 1.97 bits per heavy atom. The summed E-state index contributed by atoms with van der Waals surface area (Å²) in [6.45, 7) is 10.4. The SMILES string of the molecule is CC[C@@H](C)N(Cc1nc(-c2cccc(C)c2)no1)C(=O)[C@@H]1CCCN(c2ccc(C)cc2)C1. The van der Waals surface area contributed by atoms with Crippen molar-refractivity contribution in [2.24, 2.45) is 5.92 Å². The summed E-state index contributed by atoms with van der Waals surface area (Å²) in [6.07, 6.45) is 2.79. The number of hydrogen-bond donors (Lipinski definition) is 0. The van der Waals surface area contributed by atoms with Crippen molar-refractivity contribution in [1.29, 1.82) is 0 Å². The van der Waals surface area contributed by atoms with Crippen LogP contribution in [0.1, 0.15) is 50.1 Å². The summed E-state index contributed by atoms with van der Waals surface area (Å²) in [5, 5.41) is 4.16. The second-order valence-corrected chi connectivity index (χ2v) is 9.23. The van der Waals surface area contributed by atoms with E-state index in [1.807, 2.05) is 36.1 Å². The molecule has 0 saturated carbocycles. The molecule has 1 saturated heterocycles. The molecule has 3 aromatic rings. The quantitative estimate of drug-likeness (QED) is 0.486. The van der Waals surface area contributed by atoms with Crippen molar-refractivity contribution in [3.8, 4) is 11.4 Å². The Morgan fingerprint density at radius 1 is 1.18 bits per heavy atom. The number of aromatic nitrogens is 2. The van der Waals surface area contributed by atoms with Gasteiger partial charge in [0.25, 0.3) is 0 Å². The highest BCUT2D eigenvalue weighted by atomic mass is 16.5. The molecule has 174 valence electrons. The fourth-order valence-corrected chi connectivity index (χ4v) is 4.44. The molecule has 6 heteroatoms. The first-order valence-corrected chi connectivity index (χ1v) is 12.0. The molecule has 0 bridgehead atoms. The van der Waals surface area contributed by atoms with Crippen molar-refractivity contribution in [2.45, 2.75) is 59.5 Å². The number of carbonyl (C=O) groups is 1. The normalized spacial score (nSPS) is 17.1. The zero-order valence-corrected chi connectivity index (χ0v) is 20.1. The van der Waals surface area contributed by atoms with E-state index in [2.05, 4.69) is 60.1 Å². The van der Waals surface area contributed by atoms with Crippen LogP contribution in [0.3, 0.4) is 0 Å². The first-order chi connectivity index (χ1) is 15.9. The molecule has 1 aliphatic rings. The van der Waals surface area contributed by atoms with E-state index in [9.17, 15) is 4.79 Å². The Morgan fingerprint density at radius 3 is 2.70 bits per heavy atom. The van der Waals surface area contributed by atoms with Gasteiger partial charge in [-0.15, -0.1) is 0 Å². The second-order valence-electron chi connectivity index (χ2n) is 9.23. The minimum absolute atomic E-state index is 0.0341. The molecule has 33 heavy (non-hydrogen) atoms. The molecule has 1 aromatic heterocycles. The monoisotopic (exact) mass is 446 g/mol. The minimum Gasteiger partial charge on any atom is -0.371 e. The molecular formula is C27H34N4O2. The van der Waals surface area contributed by atoms with Gasteiger partial charge in [-0.25, -0.2) is 0 Å². The minimum atomic E-state index is -0.0341. The molecule has 2 atom stereocenters. The average molecular weight is 447 g/mol. The van der Waals surface area contributed by atoms with E-state index in [0.29, 0.717) is 18.3 Å². The summed E-state index contributed by atoms with van der Waals surface area (Å²) in [5.74, 6) is 1.18. The van der Waals surface area contributed by atoms with Crippen LogP contribution in [-0.4, -0.2) is 40.1 Å². The third kappa shape index (κ3) is 5.44. The van der Waals surface area contributed by atoms with Crippen molar-refractivity contribution in [2.75, 3.05) is 18.0 Å². The highest BCUT2D eigenvalue weighted by molar-refractivity contribution is 5.80. The number of rotatable bonds is 7. The molecule has 6 nitrogen and oxygen atoms in total. The number of anilines is 1. The predicted molar refractivity (Wildman–Crippen MR) is 131 cm³/mol. The number of benzene rings is 2. The van der Waals surface area contributed by atoms with Gasteiger partial charge in [0.2, 0.25) is 17.6 Å². The van der Waals surface area contributed by atoms with Gasteiger partial charge in [0, 0.05) is 30.4 Å². The Hall–Kier alpha value is -3.15. The van der Waals surface area contributed by atoms with Gasteiger partial charge in [-0.1, -0.05) is 53.5 Å². The topological polar surface area (TPSA) is 62.5 Å². The molecule has 0 spiro atoms. The lowest BCUT2D eigenvalue weighted by molar-refractivity contribution is -0.139. The number of amides is 1. The van der Waals surface area contributed by atoms with E-state index in [4.69, 9.17) is 4.52 Å². The van der Waals surface area contributed by atoms with E-state index < -0.39 is 0 Å². The summed E-state index contributed by atoms with van der Waals surface area (Å²) < 4.78 is 5.56. The summed E-state index contributed by atoms with van der Waals surface area (Å²) in [4.78, 5) is 22.5. The van der Waals surface area contributed by atoms with Crippen molar-refractivity contribution in [3.05, 3.63) is 65.5 Å². The average Bonchev–Trinajstić information content (AvgIpc) is 3.31. The Bertz CT molecular complexity index is 1080. The van der Waals surface area contributed by atoms with Crippen LogP contribution in [0.15, 0.2) is 53.1 Å². The molecule has 0 N–H and O–H groups in total. The zero-order chi connectivity index (χ0) is 23.4. The molecule has 0 radical (unpaired) electrons. The van der Waals surface area contributed by atoms with Crippen LogP contribution >= 0.6 is 0 Å². The predicted octanol–water partition coefficient (Wildman–Crippen LogP) is 5.40. The standard InChI is InChI=1S/C27H34N4O2/c1-5-21(4)31(18-25-28-26(29-33-25)22-9-6-8-20(3)16-22)27(32)23-10-7-15-30(17-23)24-13-11-19(2)12-14-24/h6,8-9,11-14,16,21,23H,5,7,10,15,17-18H2,1-4H3/t21-,23-/m1/s1. The van der Waals surface area contributed by atoms with Crippen molar-refractivity contribution >= 4 is 11.6 Å². The third-order valence-electron chi connectivity index (χ3n) is 6.63. The van der Waals surface area contributed by atoms with Gasteiger partial charge in [-0.05, 0) is 58.2 Å². The van der Waals surface area contributed by atoms with E-state index in [0.717, 1.165) is 43.5 Å². The van der Waals surface area contributed by atoms with Gasteiger partial charge < -0.3 is 14.3 Å². The van der Waals surface area contributed by atoms with Gasteiger partial charge in [0.05, 0.1) is 5.92 Å². The maximum Gasteiger partial charge on any atom is 0.246 e. The number of aryl methyl sites for hydroxylation is 2. The smallest absolute Gasteiger partial charge is 0.246 e. The largest absolute Gasteiger partial charge is 0.371 e. The Labute approximate surface area is 196 Å². The number of carbonyl (C=O) groups excluding carboxylic acids is 1. The highest BCUT2D eigenvalue weighted by Gasteiger charge is 2.32. The maximum atomic E-state index is 13.7. The van der Waals surface area contributed by atoms with Gasteiger partial charge >= 0.3 is 0 Å². The highest BCUT2D eigenvalue weighted by Crippen LogP contribution is 2.27. The van der Waals surface area contributed by atoms with E-state index in [1.54, 1.807) is 0 Å². The van der Waals surface area contributed by atoms with Crippen LogP contribution in [0, 0.1) is 19.8 Å². The van der Waals surface area contributed by atoms with Crippen LogP contribution < -0.4 is 4.90 Å². The first-order valence-electron chi connectivity index (χ1n) is 12.0. The van der Waals surface area contributed by atoms with Crippen LogP contribution in [0.25, 0.3) is 11.4 Å². The molecule has 1 aliphatic heterocycles. The third-order valence-corrected chi connectivity index (χ3v) is 6.63. The summed E-state index contributed by atoms with van der Waals surface area (Å²) in [7, 11) is 0. The molecule has 4 rings (SSSR count). The molecule has 2 heterocycles. The van der Waals surface area contributed by atoms with Gasteiger partial charge in [0.15, 0.2) is 0 Å².